The smallest absolute Gasteiger partial charge is 0.255 e. The van der Waals surface area contributed by atoms with Gasteiger partial charge in [0.15, 0.2) is 0 Å². The molecule has 0 bridgehead atoms. The van der Waals surface area contributed by atoms with E-state index >= 15 is 0 Å². The van der Waals surface area contributed by atoms with Crippen LogP contribution in [0, 0.1) is 6.92 Å². The minimum Gasteiger partial charge on any atom is -0.329 e. The van der Waals surface area contributed by atoms with Crippen molar-refractivity contribution in [1.29, 1.82) is 0 Å². The van der Waals surface area contributed by atoms with Crippen LogP contribution in [0.15, 0.2) is 60.8 Å². The number of aryl methyl sites for hydroxylation is 1. The molecule has 2 nitrogen and oxygen atoms in total. The summed E-state index contributed by atoms with van der Waals surface area (Å²) >= 11 is 0. The molecule has 2 aromatic rings. The van der Waals surface area contributed by atoms with Crippen molar-refractivity contribution in [1.82, 2.24) is 5.32 Å². The summed E-state index contributed by atoms with van der Waals surface area (Å²) in [7, 11) is 0. The number of hydrogen-bond donors (Lipinski definition) is 1. The number of rotatable bonds is 3. The molecule has 0 aromatic heterocycles. The first-order chi connectivity index (χ1) is 8.75. The highest BCUT2D eigenvalue weighted by atomic mass is 16.1. The normalized spacial score (nSPS) is 10.5. The van der Waals surface area contributed by atoms with Crippen LogP contribution >= 0.6 is 0 Å². The summed E-state index contributed by atoms with van der Waals surface area (Å²) in [6, 6.07) is 17.3. The Labute approximate surface area is 107 Å². The molecule has 2 rings (SSSR count). The summed E-state index contributed by atoms with van der Waals surface area (Å²) in [5, 5.41) is 2.75. The largest absolute Gasteiger partial charge is 0.329 e. The summed E-state index contributed by atoms with van der Waals surface area (Å²) in [4.78, 5) is 11.8. The number of amides is 1. The van der Waals surface area contributed by atoms with Crippen LogP contribution in [0.1, 0.15) is 21.5 Å². The molecule has 2 aromatic carbocycles. The monoisotopic (exact) mass is 237 g/mol. The van der Waals surface area contributed by atoms with Gasteiger partial charge in [-0.15, -0.1) is 0 Å². The van der Waals surface area contributed by atoms with E-state index in [4.69, 9.17) is 0 Å². The maximum atomic E-state index is 11.8. The van der Waals surface area contributed by atoms with Crippen LogP contribution in [-0.4, -0.2) is 5.91 Å². The Morgan fingerprint density at radius 1 is 1.00 bits per heavy atom. The number of nitrogens with one attached hydrogen (secondary N) is 1. The SMILES string of the molecule is Cc1ccc(C(=O)NC=Cc2ccccc2)cc1. The lowest BCUT2D eigenvalue weighted by Crippen LogP contribution is -2.16. The molecule has 0 spiro atoms. The van der Waals surface area contributed by atoms with Crippen LogP contribution in [0.3, 0.4) is 0 Å². The van der Waals surface area contributed by atoms with Crippen LogP contribution in [-0.2, 0) is 0 Å². The van der Waals surface area contributed by atoms with Gasteiger partial charge < -0.3 is 5.32 Å². The van der Waals surface area contributed by atoms with E-state index in [2.05, 4.69) is 5.32 Å². The predicted octanol–water partition coefficient (Wildman–Crippen LogP) is 3.40. The van der Waals surface area contributed by atoms with Gasteiger partial charge in [-0.05, 0) is 30.7 Å². The number of carbonyl (C=O) groups excluding carboxylic acids is 1. The van der Waals surface area contributed by atoms with Crippen LogP contribution in [0.5, 0.6) is 0 Å². The molecule has 0 saturated heterocycles. The molecule has 18 heavy (non-hydrogen) atoms. The van der Waals surface area contributed by atoms with Gasteiger partial charge in [0.2, 0.25) is 0 Å². The molecular formula is C16H15NO. The van der Waals surface area contributed by atoms with Gasteiger partial charge in [-0.2, -0.15) is 0 Å². The fourth-order valence-corrected chi connectivity index (χ4v) is 1.57. The van der Waals surface area contributed by atoms with E-state index in [9.17, 15) is 4.79 Å². The van der Waals surface area contributed by atoms with Crippen molar-refractivity contribution in [3.05, 3.63) is 77.5 Å². The quantitative estimate of drug-likeness (QED) is 0.871. The van der Waals surface area contributed by atoms with E-state index in [1.54, 1.807) is 6.20 Å². The molecule has 0 radical (unpaired) electrons. The van der Waals surface area contributed by atoms with Crippen molar-refractivity contribution in [3.63, 3.8) is 0 Å². The van der Waals surface area contributed by atoms with E-state index in [-0.39, 0.29) is 5.91 Å². The lowest BCUT2D eigenvalue weighted by Gasteiger charge is -2.00. The zero-order chi connectivity index (χ0) is 12.8. The van der Waals surface area contributed by atoms with Gasteiger partial charge in [0.05, 0.1) is 0 Å². The average molecular weight is 237 g/mol. The summed E-state index contributed by atoms with van der Waals surface area (Å²) < 4.78 is 0. The summed E-state index contributed by atoms with van der Waals surface area (Å²) in [6.45, 7) is 2.00. The summed E-state index contributed by atoms with van der Waals surface area (Å²) in [6.07, 6.45) is 3.53. The maximum Gasteiger partial charge on any atom is 0.255 e. The number of hydrogen-bond acceptors (Lipinski definition) is 1. The Morgan fingerprint density at radius 3 is 2.33 bits per heavy atom. The predicted molar refractivity (Wildman–Crippen MR) is 74.1 cm³/mol. The Balaban J connectivity index is 1.96. The first kappa shape index (κ1) is 12.1. The molecule has 1 N–H and O–H groups in total. The van der Waals surface area contributed by atoms with Gasteiger partial charge >= 0.3 is 0 Å². The van der Waals surface area contributed by atoms with Crippen molar-refractivity contribution in [2.24, 2.45) is 0 Å². The van der Waals surface area contributed by atoms with Gasteiger partial charge in [0, 0.05) is 11.8 Å². The van der Waals surface area contributed by atoms with E-state index in [0.29, 0.717) is 5.56 Å². The Hall–Kier alpha value is -2.35. The third kappa shape index (κ3) is 3.32. The maximum absolute atomic E-state index is 11.8. The molecule has 0 aliphatic carbocycles. The zero-order valence-electron chi connectivity index (χ0n) is 10.3. The minimum absolute atomic E-state index is 0.0952. The second kappa shape index (κ2) is 5.82. The van der Waals surface area contributed by atoms with Gasteiger partial charge in [-0.1, -0.05) is 48.0 Å². The standard InChI is InChI=1S/C16H15NO/c1-13-7-9-15(10-8-13)16(18)17-12-11-14-5-3-2-4-6-14/h2-12H,1H3,(H,17,18). The van der Waals surface area contributed by atoms with Crippen molar-refractivity contribution in [2.75, 3.05) is 0 Å². The molecular weight excluding hydrogens is 222 g/mol. The average Bonchev–Trinajstić information content (AvgIpc) is 2.40. The van der Waals surface area contributed by atoms with Crippen molar-refractivity contribution >= 4 is 12.0 Å². The topological polar surface area (TPSA) is 29.1 Å². The lowest BCUT2D eigenvalue weighted by atomic mass is 10.1. The van der Waals surface area contributed by atoms with Crippen molar-refractivity contribution in [3.8, 4) is 0 Å². The molecule has 90 valence electrons. The Kier molecular flexibility index (Phi) is 3.92. The molecule has 1 amide bonds. The molecule has 0 unspecified atom stereocenters. The van der Waals surface area contributed by atoms with E-state index in [0.717, 1.165) is 11.1 Å². The summed E-state index contributed by atoms with van der Waals surface area (Å²) in [5.74, 6) is -0.0952. The van der Waals surface area contributed by atoms with Crippen molar-refractivity contribution in [2.45, 2.75) is 6.92 Å². The van der Waals surface area contributed by atoms with Crippen LogP contribution < -0.4 is 5.32 Å². The highest BCUT2D eigenvalue weighted by molar-refractivity contribution is 5.95. The lowest BCUT2D eigenvalue weighted by molar-refractivity contribution is 0.0970. The number of benzene rings is 2. The zero-order valence-corrected chi connectivity index (χ0v) is 10.3. The molecule has 0 aliphatic heterocycles. The molecule has 0 aliphatic rings. The van der Waals surface area contributed by atoms with Gasteiger partial charge in [0.1, 0.15) is 0 Å². The fourth-order valence-electron chi connectivity index (χ4n) is 1.57. The second-order valence-electron chi connectivity index (χ2n) is 4.08. The molecule has 2 heteroatoms. The number of carbonyl (C=O) groups is 1. The third-order valence-corrected chi connectivity index (χ3v) is 2.60. The van der Waals surface area contributed by atoms with E-state index < -0.39 is 0 Å². The van der Waals surface area contributed by atoms with Crippen molar-refractivity contribution < 1.29 is 4.79 Å². The highest BCUT2D eigenvalue weighted by Crippen LogP contribution is 2.03. The van der Waals surface area contributed by atoms with Gasteiger partial charge in [0.25, 0.3) is 5.91 Å². The fraction of sp³-hybridized carbons (Fsp3) is 0.0625. The molecule has 0 heterocycles. The van der Waals surface area contributed by atoms with Gasteiger partial charge in [-0.3, -0.25) is 4.79 Å². The van der Waals surface area contributed by atoms with E-state index in [1.807, 2.05) is 67.6 Å². The van der Waals surface area contributed by atoms with Crippen LogP contribution in [0.25, 0.3) is 6.08 Å². The minimum atomic E-state index is -0.0952. The first-order valence-corrected chi connectivity index (χ1v) is 5.85. The highest BCUT2D eigenvalue weighted by Gasteiger charge is 2.01. The molecule has 0 fully saturated rings. The first-order valence-electron chi connectivity index (χ1n) is 5.85. The van der Waals surface area contributed by atoms with Gasteiger partial charge in [-0.25, -0.2) is 0 Å². The molecule has 0 atom stereocenters. The van der Waals surface area contributed by atoms with E-state index in [1.165, 1.54) is 0 Å². The Bertz CT molecular complexity index is 541. The molecule has 0 saturated carbocycles. The summed E-state index contributed by atoms with van der Waals surface area (Å²) in [5.41, 5.74) is 2.87. The Morgan fingerprint density at radius 2 is 1.67 bits per heavy atom. The van der Waals surface area contributed by atoms with Crippen LogP contribution in [0.2, 0.25) is 0 Å². The second-order valence-corrected chi connectivity index (χ2v) is 4.08. The van der Waals surface area contributed by atoms with Crippen LogP contribution in [0.4, 0.5) is 0 Å². The third-order valence-electron chi connectivity index (χ3n) is 2.60.